The molecule has 0 aliphatic rings. The van der Waals surface area contributed by atoms with Crippen LogP contribution in [-0.4, -0.2) is 5.91 Å². The van der Waals surface area contributed by atoms with Crippen LogP contribution in [0.25, 0.3) is 0 Å². The Kier molecular flexibility index (Phi) is 5.98. The Labute approximate surface area is 176 Å². The van der Waals surface area contributed by atoms with Crippen molar-refractivity contribution in [3.05, 3.63) is 76.9 Å². The lowest BCUT2D eigenvalue weighted by molar-refractivity contribution is -0.137. The van der Waals surface area contributed by atoms with E-state index in [1.54, 1.807) is 18.2 Å². The minimum atomic E-state index is -4.52. The number of amides is 1. The number of alkyl halides is 3. The van der Waals surface area contributed by atoms with Crippen LogP contribution in [0.1, 0.15) is 27.0 Å². The summed E-state index contributed by atoms with van der Waals surface area (Å²) in [5.41, 5.74) is 14.7. The molecular weight excluding hydrogens is 411 g/mol. The van der Waals surface area contributed by atoms with Crippen molar-refractivity contribution in [2.45, 2.75) is 29.8 Å². The van der Waals surface area contributed by atoms with E-state index >= 15 is 0 Å². The van der Waals surface area contributed by atoms with Gasteiger partial charge in [-0.15, -0.1) is 0 Å². The van der Waals surface area contributed by atoms with E-state index in [9.17, 15) is 18.0 Å². The fourth-order valence-electron chi connectivity index (χ4n) is 2.80. The number of anilines is 3. The molecule has 0 aliphatic carbocycles. The van der Waals surface area contributed by atoms with E-state index in [0.29, 0.717) is 11.4 Å². The Balaban J connectivity index is 1.78. The van der Waals surface area contributed by atoms with Gasteiger partial charge in [0.25, 0.3) is 5.91 Å². The van der Waals surface area contributed by atoms with Crippen LogP contribution in [0, 0.1) is 13.8 Å². The maximum absolute atomic E-state index is 12.9. The topological polar surface area (TPSA) is 81.1 Å². The third-order valence-corrected chi connectivity index (χ3v) is 5.97. The molecule has 0 aromatic heterocycles. The Morgan fingerprint density at radius 2 is 1.60 bits per heavy atom. The van der Waals surface area contributed by atoms with Crippen LogP contribution in [0.15, 0.2) is 64.4 Å². The lowest BCUT2D eigenvalue weighted by Gasteiger charge is -2.13. The lowest BCUT2D eigenvalue weighted by Crippen LogP contribution is -2.14. The number of hydrogen-bond donors (Lipinski definition) is 3. The zero-order valence-corrected chi connectivity index (χ0v) is 17.1. The van der Waals surface area contributed by atoms with Crippen molar-refractivity contribution < 1.29 is 18.0 Å². The number of benzene rings is 3. The van der Waals surface area contributed by atoms with Gasteiger partial charge in [0.1, 0.15) is 0 Å². The number of halogens is 3. The molecule has 156 valence electrons. The van der Waals surface area contributed by atoms with E-state index in [2.05, 4.69) is 5.32 Å². The first-order chi connectivity index (χ1) is 14.1. The fraction of sp³-hybridized carbons (Fsp3) is 0.136. The van der Waals surface area contributed by atoms with Crippen LogP contribution < -0.4 is 16.8 Å². The maximum atomic E-state index is 12.9. The van der Waals surface area contributed by atoms with Gasteiger partial charge in [0, 0.05) is 32.4 Å². The molecule has 4 nitrogen and oxygen atoms in total. The van der Waals surface area contributed by atoms with Crippen LogP contribution in [0.2, 0.25) is 0 Å². The molecule has 0 fully saturated rings. The first-order valence-corrected chi connectivity index (χ1v) is 9.79. The van der Waals surface area contributed by atoms with Crippen LogP contribution in [-0.2, 0) is 6.18 Å². The third-order valence-electron chi connectivity index (χ3n) is 4.72. The minimum absolute atomic E-state index is 0.0881. The average molecular weight is 431 g/mol. The van der Waals surface area contributed by atoms with Gasteiger partial charge in [-0.2, -0.15) is 13.2 Å². The molecule has 0 spiro atoms. The third kappa shape index (κ3) is 4.71. The molecule has 30 heavy (non-hydrogen) atoms. The molecule has 0 bridgehead atoms. The van der Waals surface area contributed by atoms with Crippen molar-refractivity contribution in [2.24, 2.45) is 0 Å². The van der Waals surface area contributed by atoms with Gasteiger partial charge in [-0.3, -0.25) is 4.79 Å². The van der Waals surface area contributed by atoms with E-state index in [-0.39, 0.29) is 5.56 Å². The zero-order chi connectivity index (χ0) is 22.1. The van der Waals surface area contributed by atoms with Crippen molar-refractivity contribution in [2.75, 3.05) is 16.8 Å². The fourth-order valence-corrected chi connectivity index (χ4v) is 3.80. The quantitative estimate of drug-likeness (QED) is 0.450. The van der Waals surface area contributed by atoms with Crippen LogP contribution in [0.3, 0.4) is 0 Å². The van der Waals surface area contributed by atoms with Gasteiger partial charge in [-0.25, -0.2) is 0 Å². The predicted molar refractivity (Wildman–Crippen MR) is 115 cm³/mol. The van der Waals surface area contributed by atoms with Gasteiger partial charge in [0.15, 0.2) is 0 Å². The van der Waals surface area contributed by atoms with Crippen LogP contribution in [0.5, 0.6) is 0 Å². The summed E-state index contributed by atoms with van der Waals surface area (Å²) in [5, 5.41) is 2.58. The van der Waals surface area contributed by atoms with Gasteiger partial charge in [-0.05, 0) is 73.5 Å². The molecule has 0 saturated heterocycles. The summed E-state index contributed by atoms with van der Waals surface area (Å²) in [6.45, 7) is 3.93. The van der Waals surface area contributed by atoms with Crippen molar-refractivity contribution in [3.8, 4) is 0 Å². The van der Waals surface area contributed by atoms with Gasteiger partial charge < -0.3 is 16.8 Å². The largest absolute Gasteiger partial charge is 0.416 e. The van der Waals surface area contributed by atoms with E-state index in [1.807, 2.05) is 26.0 Å². The monoisotopic (exact) mass is 431 g/mol. The number of carbonyl (C=O) groups excluding carboxylic acids is 1. The first kappa shape index (κ1) is 21.6. The molecule has 0 unspecified atom stereocenters. The molecule has 3 aromatic rings. The Morgan fingerprint density at radius 1 is 0.900 bits per heavy atom. The van der Waals surface area contributed by atoms with Gasteiger partial charge >= 0.3 is 6.18 Å². The SMILES string of the molecule is Cc1c(N)ccc(Sc2ccc(NC(=O)c3cccc(C(F)(F)F)c3)cc2N)c1C. The second-order valence-electron chi connectivity index (χ2n) is 6.79. The Bertz CT molecular complexity index is 1110. The van der Waals surface area contributed by atoms with Crippen molar-refractivity contribution >= 4 is 34.7 Å². The van der Waals surface area contributed by atoms with Crippen molar-refractivity contribution in [1.82, 2.24) is 0 Å². The van der Waals surface area contributed by atoms with E-state index < -0.39 is 17.6 Å². The normalized spacial score (nSPS) is 11.4. The predicted octanol–water partition coefficient (Wildman–Crippen LogP) is 5.89. The highest BCUT2D eigenvalue weighted by Gasteiger charge is 2.30. The van der Waals surface area contributed by atoms with E-state index in [4.69, 9.17) is 11.5 Å². The van der Waals surface area contributed by atoms with Crippen molar-refractivity contribution in [1.29, 1.82) is 0 Å². The minimum Gasteiger partial charge on any atom is -0.399 e. The second kappa shape index (κ2) is 8.31. The Morgan fingerprint density at radius 3 is 2.27 bits per heavy atom. The molecule has 0 heterocycles. The zero-order valence-electron chi connectivity index (χ0n) is 16.3. The molecule has 3 aromatic carbocycles. The molecule has 0 radical (unpaired) electrons. The highest BCUT2D eigenvalue weighted by Crippen LogP contribution is 2.37. The summed E-state index contributed by atoms with van der Waals surface area (Å²) in [6.07, 6.45) is -4.52. The van der Waals surface area contributed by atoms with E-state index in [1.165, 1.54) is 23.9 Å². The number of nitrogens with two attached hydrogens (primary N) is 2. The van der Waals surface area contributed by atoms with Gasteiger partial charge in [0.05, 0.1) is 5.56 Å². The van der Waals surface area contributed by atoms with Crippen LogP contribution >= 0.6 is 11.8 Å². The van der Waals surface area contributed by atoms with E-state index in [0.717, 1.165) is 38.7 Å². The molecule has 8 heteroatoms. The number of nitrogens with one attached hydrogen (secondary N) is 1. The molecular formula is C22H20F3N3OS. The molecule has 3 rings (SSSR count). The molecule has 0 saturated carbocycles. The second-order valence-corrected chi connectivity index (χ2v) is 7.87. The number of carbonyl (C=O) groups is 1. The van der Waals surface area contributed by atoms with Crippen molar-refractivity contribution in [3.63, 3.8) is 0 Å². The smallest absolute Gasteiger partial charge is 0.399 e. The molecule has 1 amide bonds. The average Bonchev–Trinajstić information content (AvgIpc) is 2.69. The summed E-state index contributed by atoms with van der Waals surface area (Å²) >= 11 is 1.47. The molecule has 0 atom stereocenters. The standard InChI is InChI=1S/C22H20F3N3OS/c1-12-13(2)19(9-7-17(12)26)30-20-8-6-16(11-18(20)27)28-21(29)14-4-3-5-15(10-14)22(23,24)25/h3-11H,26-27H2,1-2H3,(H,28,29). The Hall–Kier alpha value is -3.13. The highest BCUT2D eigenvalue weighted by atomic mass is 32.2. The van der Waals surface area contributed by atoms with Gasteiger partial charge in [-0.1, -0.05) is 17.8 Å². The lowest BCUT2D eigenvalue weighted by atomic mass is 10.1. The van der Waals surface area contributed by atoms with Crippen LogP contribution in [0.4, 0.5) is 30.2 Å². The highest BCUT2D eigenvalue weighted by molar-refractivity contribution is 7.99. The number of hydrogen-bond acceptors (Lipinski definition) is 4. The number of rotatable bonds is 4. The maximum Gasteiger partial charge on any atom is 0.416 e. The summed E-state index contributed by atoms with van der Waals surface area (Å²) < 4.78 is 38.6. The molecule has 5 N–H and O–H groups in total. The summed E-state index contributed by atoms with van der Waals surface area (Å²) in [6, 6.07) is 13.0. The first-order valence-electron chi connectivity index (χ1n) is 8.98. The number of nitrogen functional groups attached to an aromatic ring is 2. The van der Waals surface area contributed by atoms with Gasteiger partial charge in [0.2, 0.25) is 0 Å². The molecule has 0 aliphatic heterocycles. The summed E-state index contributed by atoms with van der Waals surface area (Å²) in [4.78, 5) is 14.2. The summed E-state index contributed by atoms with van der Waals surface area (Å²) in [5.74, 6) is -0.647. The summed E-state index contributed by atoms with van der Waals surface area (Å²) in [7, 11) is 0.